The highest BCUT2D eigenvalue weighted by Gasteiger charge is 2.33. The Hall–Kier alpha value is -1.63. The molecule has 4 N–H and O–H groups in total. The number of nitrogens with zero attached hydrogens (tertiary/aromatic N) is 2. The largest absolute Gasteiger partial charge is 0.508 e. The van der Waals surface area contributed by atoms with Gasteiger partial charge < -0.3 is 15.9 Å². The van der Waals surface area contributed by atoms with Crippen LogP contribution >= 0.6 is 0 Å². The van der Waals surface area contributed by atoms with E-state index in [4.69, 9.17) is 15.9 Å². The average molecular weight is 478 g/mol. The second kappa shape index (κ2) is 16.1. The van der Waals surface area contributed by atoms with Crippen LogP contribution in [0.2, 0.25) is 0 Å². The fourth-order valence-corrected chi connectivity index (χ4v) is 4.87. The third-order valence-corrected chi connectivity index (χ3v) is 6.80. The Bertz CT molecular complexity index is 650. The average Bonchev–Trinajstić information content (AvgIpc) is 2.79. The van der Waals surface area contributed by atoms with Crippen LogP contribution < -0.4 is 5.73 Å². The lowest BCUT2D eigenvalue weighted by atomic mass is 9.94. The summed E-state index contributed by atoms with van der Waals surface area (Å²) < 4.78 is 0. The summed E-state index contributed by atoms with van der Waals surface area (Å²) in [6.45, 7) is 17.2. The Morgan fingerprint density at radius 3 is 1.74 bits per heavy atom. The number of aromatic carboxylic acids is 1. The number of nitrogens with two attached hydrogens (primary N) is 1. The second-order valence-electron chi connectivity index (χ2n) is 10.5. The fraction of sp³-hybridized carbons (Fsp3) is 0.750. The van der Waals surface area contributed by atoms with E-state index in [1.165, 1.54) is 88.7 Å². The van der Waals surface area contributed by atoms with Crippen molar-refractivity contribution >= 4 is 5.97 Å². The molecule has 0 aromatic heterocycles. The maximum atomic E-state index is 10.2. The van der Waals surface area contributed by atoms with Crippen LogP contribution in [0.25, 0.3) is 0 Å². The lowest BCUT2D eigenvalue weighted by Crippen LogP contribution is -2.63. The van der Waals surface area contributed by atoms with E-state index in [2.05, 4.69) is 44.4 Å². The highest BCUT2D eigenvalue weighted by atomic mass is 16.4. The molecule has 0 bridgehead atoms. The first-order chi connectivity index (χ1) is 16.1. The molecule has 6 heteroatoms. The van der Waals surface area contributed by atoms with Crippen molar-refractivity contribution in [2.45, 2.75) is 91.5 Å². The quantitative estimate of drug-likeness (QED) is 0.332. The molecule has 34 heavy (non-hydrogen) atoms. The number of carbonyl (C=O) groups is 1. The lowest BCUT2D eigenvalue weighted by Gasteiger charge is -2.46. The van der Waals surface area contributed by atoms with Gasteiger partial charge in [-0.25, -0.2) is 4.79 Å². The molecule has 1 saturated heterocycles. The Morgan fingerprint density at radius 2 is 1.38 bits per heavy atom. The molecule has 1 aromatic carbocycles. The third kappa shape index (κ3) is 12.2. The van der Waals surface area contributed by atoms with Gasteiger partial charge in [0.2, 0.25) is 0 Å². The van der Waals surface area contributed by atoms with E-state index in [0.717, 1.165) is 31.6 Å². The smallest absolute Gasteiger partial charge is 0.335 e. The SMILES string of the molecule is CCCCC(CC)CN1CN(CC(CC)CCCC)CC(C)(N)C1.O=C(O)c1ccc(O)cc1. The van der Waals surface area contributed by atoms with Gasteiger partial charge in [-0.05, 0) is 55.9 Å². The van der Waals surface area contributed by atoms with Crippen molar-refractivity contribution in [2.75, 3.05) is 32.8 Å². The molecule has 2 rings (SSSR count). The van der Waals surface area contributed by atoms with Gasteiger partial charge in [0.15, 0.2) is 0 Å². The summed E-state index contributed by atoms with van der Waals surface area (Å²) in [5.41, 5.74) is 6.72. The van der Waals surface area contributed by atoms with Gasteiger partial charge in [-0.2, -0.15) is 0 Å². The summed E-state index contributed by atoms with van der Waals surface area (Å²) in [6, 6.07) is 5.36. The molecular weight excluding hydrogens is 426 g/mol. The molecule has 6 nitrogen and oxygen atoms in total. The van der Waals surface area contributed by atoms with Gasteiger partial charge in [-0.15, -0.1) is 0 Å². The summed E-state index contributed by atoms with van der Waals surface area (Å²) in [5.74, 6) is 0.760. The first kappa shape index (κ1) is 30.4. The minimum atomic E-state index is -0.986. The zero-order valence-electron chi connectivity index (χ0n) is 22.4. The molecule has 0 aliphatic carbocycles. The Morgan fingerprint density at radius 1 is 0.941 bits per heavy atom. The molecule has 2 atom stereocenters. The zero-order valence-corrected chi connectivity index (χ0v) is 22.4. The number of benzene rings is 1. The molecule has 2 unspecified atom stereocenters. The molecular formula is C28H51N3O3. The predicted molar refractivity (Wildman–Crippen MR) is 142 cm³/mol. The van der Waals surface area contributed by atoms with Crippen LogP contribution in [0, 0.1) is 11.8 Å². The zero-order chi connectivity index (χ0) is 25.6. The van der Waals surface area contributed by atoms with Crippen molar-refractivity contribution in [1.82, 2.24) is 9.80 Å². The van der Waals surface area contributed by atoms with Crippen molar-refractivity contribution in [2.24, 2.45) is 17.6 Å². The topological polar surface area (TPSA) is 90.0 Å². The normalized spacial score (nSPS) is 20.9. The summed E-state index contributed by atoms with van der Waals surface area (Å²) in [4.78, 5) is 15.5. The van der Waals surface area contributed by atoms with E-state index >= 15 is 0 Å². The third-order valence-electron chi connectivity index (χ3n) is 6.80. The number of rotatable bonds is 13. The fourth-order valence-electron chi connectivity index (χ4n) is 4.87. The lowest BCUT2D eigenvalue weighted by molar-refractivity contribution is 0.0182. The summed E-state index contributed by atoms with van der Waals surface area (Å²) >= 11 is 0. The van der Waals surface area contributed by atoms with Crippen molar-refractivity contribution in [1.29, 1.82) is 0 Å². The second-order valence-corrected chi connectivity index (χ2v) is 10.5. The standard InChI is InChI=1S/C21H45N3.C7H6O3/c1-6-10-12-19(8-3)14-23-16-21(5,22)17-24(18-23)15-20(9-4)13-11-7-2;8-6-3-1-5(2-4-6)7(9)10/h19-20H,6-18,22H2,1-5H3;1-4,8H,(H,9,10). The monoisotopic (exact) mass is 477 g/mol. The van der Waals surface area contributed by atoms with Crippen LogP contribution in [0.5, 0.6) is 5.75 Å². The van der Waals surface area contributed by atoms with Gasteiger partial charge in [0.1, 0.15) is 5.75 Å². The predicted octanol–water partition coefficient (Wildman–Crippen LogP) is 5.80. The van der Waals surface area contributed by atoms with Crippen LogP contribution in [-0.2, 0) is 0 Å². The van der Waals surface area contributed by atoms with Crippen LogP contribution in [0.3, 0.4) is 0 Å². The number of aromatic hydroxyl groups is 1. The van der Waals surface area contributed by atoms with Crippen LogP contribution in [-0.4, -0.2) is 64.4 Å². The van der Waals surface area contributed by atoms with Crippen molar-refractivity contribution in [3.8, 4) is 5.75 Å². The summed E-state index contributed by atoms with van der Waals surface area (Å²) in [5, 5.41) is 17.1. The molecule has 196 valence electrons. The van der Waals surface area contributed by atoms with Gasteiger partial charge in [0, 0.05) is 31.7 Å². The Labute approximate surface area is 208 Å². The number of phenolic OH excluding ortho intramolecular Hbond substituents is 1. The minimum Gasteiger partial charge on any atom is -0.508 e. The Balaban J connectivity index is 0.000000479. The van der Waals surface area contributed by atoms with E-state index < -0.39 is 5.97 Å². The molecule has 1 aliphatic heterocycles. The summed E-state index contributed by atoms with van der Waals surface area (Å²) in [6.07, 6.45) is 10.7. The number of hydrogen-bond acceptors (Lipinski definition) is 5. The Kier molecular flexibility index (Phi) is 14.4. The highest BCUT2D eigenvalue weighted by molar-refractivity contribution is 5.87. The number of carboxylic acids is 1. The van der Waals surface area contributed by atoms with Gasteiger partial charge in [-0.1, -0.05) is 66.2 Å². The van der Waals surface area contributed by atoms with Crippen molar-refractivity contribution in [3.63, 3.8) is 0 Å². The number of hydrogen-bond donors (Lipinski definition) is 3. The van der Waals surface area contributed by atoms with Crippen LogP contribution in [0.15, 0.2) is 24.3 Å². The molecule has 1 heterocycles. The van der Waals surface area contributed by atoms with Crippen molar-refractivity contribution in [3.05, 3.63) is 29.8 Å². The van der Waals surface area contributed by atoms with Gasteiger partial charge in [-0.3, -0.25) is 9.80 Å². The van der Waals surface area contributed by atoms with E-state index in [0.29, 0.717) is 0 Å². The van der Waals surface area contributed by atoms with E-state index in [1.54, 1.807) is 0 Å². The molecule has 0 spiro atoms. The van der Waals surface area contributed by atoms with E-state index in [-0.39, 0.29) is 16.9 Å². The van der Waals surface area contributed by atoms with E-state index in [1.807, 2.05) is 0 Å². The highest BCUT2D eigenvalue weighted by Crippen LogP contribution is 2.22. The van der Waals surface area contributed by atoms with E-state index in [9.17, 15) is 4.79 Å². The van der Waals surface area contributed by atoms with Gasteiger partial charge in [0.25, 0.3) is 0 Å². The maximum absolute atomic E-state index is 10.2. The first-order valence-corrected chi connectivity index (χ1v) is 13.4. The molecule has 0 amide bonds. The van der Waals surface area contributed by atoms with Crippen molar-refractivity contribution < 1.29 is 15.0 Å². The molecule has 1 aromatic rings. The van der Waals surface area contributed by atoms with Crippen LogP contribution in [0.4, 0.5) is 0 Å². The number of carboxylic acid groups (broad SMARTS) is 1. The number of phenols is 1. The maximum Gasteiger partial charge on any atom is 0.335 e. The van der Waals surface area contributed by atoms with Gasteiger partial charge >= 0.3 is 5.97 Å². The first-order valence-electron chi connectivity index (χ1n) is 13.4. The summed E-state index contributed by atoms with van der Waals surface area (Å²) in [7, 11) is 0. The van der Waals surface area contributed by atoms with Crippen LogP contribution in [0.1, 0.15) is 96.3 Å². The van der Waals surface area contributed by atoms with Gasteiger partial charge in [0.05, 0.1) is 12.2 Å². The molecule has 0 radical (unpaired) electrons. The molecule has 0 saturated carbocycles. The minimum absolute atomic E-state index is 0.0651. The molecule has 1 aliphatic rings. The molecule has 1 fully saturated rings. The number of unbranched alkanes of at least 4 members (excludes halogenated alkanes) is 2.